The number of carbonyl (C=O) groups is 1. The van der Waals surface area contributed by atoms with E-state index in [-0.39, 0.29) is 5.97 Å². The molecule has 1 unspecified atom stereocenters. The molecule has 10 heterocycles. The molecular formula is C76H64N6O8S4. The van der Waals surface area contributed by atoms with Gasteiger partial charge in [0.2, 0.25) is 9.84 Å². The molecule has 0 saturated heterocycles. The third kappa shape index (κ3) is 18.2. The molecule has 0 saturated carbocycles. The van der Waals surface area contributed by atoms with Gasteiger partial charge in [-0.2, -0.15) is 20.5 Å². The van der Waals surface area contributed by atoms with Gasteiger partial charge in [-0.3, -0.25) is 14.1 Å². The number of furan rings is 1. The zero-order valence-electron chi connectivity index (χ0n) is 50.9. The van der Waals surface area contributed by atoms with Gasteiger partial charge in [0.1, 0.15) is 33.7 Å². The third-order valence-corrected chi connectivity index (χ3v) is 19.3. The van der Waals surface area contributed by atoms with Gasteiger partial charge in [0, 0.05) is 42.8 Å². The molecule has 1 atom stereocenters. The molecule has 20 rings (SSSR count). The largest absolute Gasteiger partial charge is 0.493 e. The lowest BCUT2D eigenvalue weighted by atomic mass is 10.1. The van der Waals surface area contributed by atoms with E-state index in [1.807, 2.05) is 152 Å². The smallest absolute Gasteiger partial charge is 0.315 e. The van der Waals surface area contributed by atoms with Crippen molar-refractivity contribution in [1.82, 2.24) is 25.6 Å². The predicted octanol–water partition coefficient (Wildman–Crippen LogP) is 17.7. The van der Waals surface area contributed by atoms with Gasteiger partial charge in [-0.05, 0) is 135 Å². The first-order valence-corrected chi connectivity index (χ1v) is 34.7. The molecule has 0 amide bonds. The summed E-state index contributed by atoms with van der Waals surface area (Å²) in [4.78, 5) is 15.8. The Morgan fingerprint density at radius 1 is 0.500 bits per heavy atom. The Balaban J connectivity index is 0.000000107. The number of nitrogens with one attached hydrogen (secondary N) is 2. The van der Waals surface area contributed by atoms with Crippen molar-refractivity contribution in [3.63, 3.8) is 0 Å². The number of H-pyrrole nitrogens is 2. The highest BCUT2D eigenvalue weighted by Crippen LogP contribution is 2.29. The molecule has 0 aliphatic carbocycles. The lowest BCUT2D eigenvalue weighted by Crippen LogP contribution is -1.99. The minimum Gasteiger partial charge on any atom is -0.493 e. The number of esters is 1. The molecule has 10 aromatic carbocycles. The summed E-state index contributed by atoms with van der Waals surface area (Å²) in [6, 6.07) is 85.3. The molecule has 2 N–H and O–H groups in total. The van der Waals surface area contributed by atoms with Gasteiger partial charge in [-0.15, -0.1) is 22.7 Å². The quantitative estimate of drug-likeness (QED) is 0.108. The summed E-state index contributed by atoms with van der Waals surface area (Å²) in [6.45, 7) is 2.46. The molecule has 5 aliphatic heterocycles. The SMILES string of the molecule is O=C1Cc2ccccc2O1.O=S1(=O)C=Nc2ccccc21.O=S1CCc2ccccc21.c1ccc2[nH]ncc2c1.c1ccc2c(c1)CCO2.c1ccc2c(c1)COC2.c1ccc2n[nH]nc2c1.c1ccc2occc2c1.c1ccc2sccc2c1.c1ccc2sccc2c1. The number of hydrogen-bond donors (Lipinski definition) is 2. The highest BCUT2D eigenvalue weighted by atomic mass is 32.2. The number of ether oxygens (including phenoxy) is 3. The first-order chi connectivity index (χ1) is 46.2. The Hall–Kier alpha value is -10.5. The molecule has 0 spiro atoms. The van der Waals surface area contributed by atoms with Crippen molar-refractivity contribution in [2.45, 2.75) is 42.3 Å². The van der Waals surface area contributed by atoms with Crippen LogP contribution in [0.3, 0.4) is 0 Å². The number of fused-ring (bicyclic) bond motifs is 10. The van der Waals surface area contributed by atoms with Crippen molar-refractivity contribution in [2.75, 3.05) is 12.4 Å². The van der Waals surface area contributed by atoms with Gasteiger partial charge in [-0.25, -0.2) is 13.4 Å². The Bertz CT molecular complexity index is 4420. The summed E-state index contributed by atoms with van der Waals surface area (Å²) in [6.07, 6.45) is 6.01. The minimum absolute atomic E-state index is 0.152. The van der Waals surface area contributed by atoms with Gasteiger partial charge in [0.05, 0.1) is 65.6 Å². The number of aliphatic imine (C=N–C) groups is 1. The third-order valence-electron chi connectivity index (χ3n) is 14.7. The van der Waals surface area contributed by atoms with Crippen molar-refractivity contribution in [2.24, 2.45) is 4.99 Å². The van der Waals surface area contributed by atoms with E-state index in [0.717, 1.165) is 93.1 Å². The fourth-order valence-corrected chi connectivity index (χ4v) is 13.9. The number of para-hydroxylation sites is 7. The summed E-state index contributed by atoms with van der Waals surface area (Å²) in [5, 5.41) is 26.3. The molecule has 0 bridgehead atoms. The van der Waals surface area contributed by atoms with Gasteiger partial charge in [-0.1, -0.05) is 176 Å². The number of aryl methyl sites for hydroxylation is 1. The Morgan fingerprint density at radius 2 is 1.05 bits per heavy atom. The Kier molecular flexibility index (Phi) is 23.0. The van der Waals surface area contributed by atoms with Crippen LogP contribution >= 0.6 is 22.7 Å². The normalized spacial score (nSPS) is 13.9. The van der Waals surface area contributed by atoms with E-state index in [2.05, 4.69) is 126 Å². The van der Waals surface area contributed by atoms with Gasteiger partial charge in [0.15, 0.2) is 0 Å². The van der Waals surface area contributed by atoms with Gasteiger partial charge < -0.3 is 18.6 Å². The maximum absolute atomic E-state index is 11.2. The summed E-state index contributed by atoms with van der Waals surface area (Å²) < 4.78 is 56.6. The van der Waals surface area contributed by atoms with Gasteiger partial charge >= 0.3 is 5.97 Å². The number of hydrogen-bond acceptors (Lipinski definition) is 14. The molecule has 94 heavy (non-hydrogen) atoms. The maximum atomic E-state index is 11.2. The number of rotatable bonds is 0. The fourth-order valence-electron chi connectivity index (χ4n) is 9.92. The van der Waals surface area contributed by atoms with Crippen LogP contribution in [0.25, 0.3) is 53.1 Å². The van der Waals surface area contributed by atoms with Crippen molar-refractivity contribution in [1.29, 1.82) is 0 Å². The van der Waals surface area contributed by atoms with Crippen molar-refractivity contribution < 1.29 is 36.0 Å². The van der Waals surface area contributed by atoms with Crippen molar-refractivity contribution in [3.05, 3.63) is 312 Å². The topological polar surface area (TPSA) is 192 Å². The standard InChI is InChI=1S/C8H6O2.C8H8OS.2C8H8O.C8H6O.2C8H6S.C7H6N2.C7H5NO2S.C6H5N3/c9-8-5-6-3-1-2-4-7(6)10-8;9-10-6-5-7-3-1-2-4-8(7)10;1-2-4-8-6-9-5-7(8)3-1;4*1-2-4-8-7(3-1)5-6-9-8;1-2-4-7-6(3-1)5-8-9-7;9-11(10)5-8-6-3-1-2-4-7(6)11;1-2-4-6-5(3-1)7-9-8-6/h1-4H,5H2;1-4H,5-6H2;2*1-4H,5-6H2;3*1-6H;1-5H,(H,8,9);1-5H;1-4H,(H,7,8,9). The highest BCUT2D eigenvalue weighted by Gasteiger charge is 2.21. The van der Waals surface area contributed by atoms with Crippen molar-refractivity contribution >= 4 is 114 Å². The van der Waals surface area contributed by atoms with E-state index in [1.54, 1.807) is 59.3 Å². The molecule has 0 fully saturated rings. The second-order valence-electron chi connectivity index (χ2n) is 21.0. The van der Waals surface area contributed by atoms with E-state index in [1.165, 1.54) is 42.4 Å². The van der Waals surface area contributed by atoms with Crippen LogP contribution in [-0.4, -0.2) is 62.1 Å². The van der Waals surface area contributed by atoms with E-state index in [9.17, 15) is 17.4 Å². The number of sulfone groups is 1. The number of benzene rings is 10. The minimum atomic E-state index is -3.20. The van der Waals surface area contributed by atoms with E-state index in [4.69, 9.17) is 18.6 Å². The lowest BCUT2D eigenvalue weighted by molar-refractivity contribution is -0.131. The Labute approximate surface area is 554 Å². The van der Waals surface area contributed by atoms with Crippen LogP contribution in [0.1, 0.15) is 27.8 Å². The molecule has 18 heteroatoms. The molecule has 0 radical (unpaired) electrons. The number of carbonyl (C=O) groups excluding carboxylic acids is 1. The number of aromatic nitrogens is 5. The van der Waals surface area contributed by atoms with Crippen LogP contribution in [0.15, 0.2) is 303 Å². The molecular weight excluding hydrogens is 1250 g/mol. The fraction of sp³-hybridized carbons (Fsp3) is 0.0921. The van der Waals surface area contributed by atoms with Crippen LogP contribution in [0, 0.1) is 0 Å². The van der Waals surface area contributed by atoms with E-state index >= 15 is 0 Å². The summed E-state index contributed by atoms with van der Waals surface area (Å²) in [5.74, 6) is 2.45. The van der Waals surface area contributed by atoms with Gasteiger partial charge in [0.25, 0.3) is 0 Å². The maximum Gasteiger partial charge on any atom is 0.315 e. The highest BCUT2D eigenvalue weighted by molar-refractivity contribution is 8.05. The number of aromatic amines is 2. The summed E-state index contributed by atoms with van der Waals surface area (Å²) in [7, 11) is -3.90. The molecule has 15 aromatic rings. The first kappa shape index (κ1) is 65.0. The van der Waals surface area contributed by atoms with E-state index in [0.29, 0.717) is 22.8 Å². The average Bonchev–Trinajstić information content (AvgIpc) is 1.76. The predicted molar refractivity (Wildman–Crippen MR) is 379 cm³/mol. The average molecular weight is 1320 g/mol. The summed E-state index contributed by atoms with van der Waals surface area (Å²) >= 11 is 3.57. The van der Waals surface area contributed by atoms with Crippen molar-refractivity contribution in [3.8, 4) is 11.5 Å². The molecule has 14 nitrogen and oxygen atoms in total. The lowest BCUT2D eigenvalue weighted by Gasteiger charge is -1.93. The second-order valence-corrected chi connectivity index (χ2v) is 26.2. The van der Waals surface area contributed by atoms with E-state index < -0.39 is 20.6 Å². The Morgan fingerprint density at radius 3 is 1.69 bits per heavy atom. The van der Waals surface area contributed by atoms with Crippen LogP contribution in [0.5, 0.6) is 11.5 Å². The summed E-state index contributed by atoms with van der Waals surface area (Å²) in [5.41, 5.74) is 11.7. The van der Waals surface area contributed by atoms with Crippen LogP contribution in [0.4, 0.5) is 5.69 Å². The zero-order valence-corrected chi connectivity index (χ0v) is 54.1. The molecule has 5 aliphatic rings. The van der Waals surface area contributed by atoms with Crippen LogP contribution in [0.2, 0.25) is 0 Å². The molecule has 5 aromatic heterocycles. The number of thiophene rings is 2. The molecule has 470 valence electrons. The van der Waals surface area contributed by atoms with Crippen LogP contribution < -0.4 is 9.47 Å². The first-order valence-electron chi connectivity index (χ1n) is 30.1. The van der Waals surface area contributed by atoms with Crippen LogP contribution in [-0.2, 0) is 62.6 Å². The zero-order chi connectivity index (χ0) is 64.6. The second kappa shape index (κ2) is 33.2. The number of nitrogens with zero attached hydrogens (tertiary/aromatic N) is 4. The monoisotopic (exact) mass is 1320 g/mol.